The van der Waals surface area contributed by atoms with Gasteiger partial charge in [0.25, 0.3) is 0 Å². The smallest absolute Gasteiger partial charge is 0.322 e. The van der Waals surface area contributed by atoms with Gasteiger partial charge < -0.3 is 19.6 Å². The molecule has 0 spiro atoms. The number of pyridine rings is 1. The van der Waals surface area contributed by atoms with Crippen molar-refractivity contribution in [2.45, 2.75) is 0 Å². The van der Waals surface area contributed by atoms with Crippen LogP contribution in [0.25, 0.3) is 21.9 Å². The summed E-state index contributed by atoms with van der Waals surface area (Å²) in [4.78, 5) is 14.3. The van der Waals surface area contributed by atoms with Crippen molar-refractivity contribution in [1.29, 1.82) is 0 Å². The van der Waals surface area contributed by atoms with E-state index in [-0.39, 0.29) is 16.6 Å². The Kier molecular flexibility index (Phi) is 4.70. The second kappa shape index (κ2) is 7.18. The summed E-state index contributed by atoms with van der Waals surface area (Å²) < 4.78 is 25.6. The van der Waals surface area contributed by atoms with E-state index in [1.54, 1.807) is 18.2 Å². The lowest BCUT2D eigenvalue weighted by Gasteiger charge is -2.13. The molecule has 0 unspecified atom stereocenters. The number of aliphatic carboxylic acids is 1. The molecule has 142 valence electrons. The molecule has 2 N–H and O–H groups in total. The summed E-state index contributed by atoms with van der Waals surface area (Å²) in [5.74, 6) is -2.21. The first kappa shape index (κ1) is 18.3. The number of furan rings is 1. The Hall–Kier alpha value is -3.03. The highest BCUT2D eigenvalue weighted by Crippen LogP contribution is 2.42. The van der Waals surface area contributed by atoms with Crippen LogP contribution in [0.4, 0.5) is 10.2 Å². The van der Waals surface area contributed by atoms with Crippen molar-refractivity contribution in [3.8, 4) is 11.5 Å². The van der Waals surface area contributed by atoms with E-state index in [0.29, 0.717) is 11.3 Å². The fourth-order valence-electron chi connectivity index (χ4n) is 2.75. The molecular weight excluding hydrogens is 410 g/mol. The molecule has 0 bridgehead atoms. The van der Waals surface area contributed by atoms with Crippen molar-refractivity contribution in [2.75, 3.05) is 11.9 Å². The summed E-state index contributed by atoms with van der Waals surface area (Å²) >= 11 is 12.2. The average molecular weight is 421 g/mol. The molecule has 0 radical (unpaired) electrons. The number of ether oxygens (including phenoxy) is 1. The average Bonchev–Trinajstić information content (AvgIpc) is 3.05. The highest BCUT2D eigenvalue weighted by atomic mass is 35.5. The van der Waals surface area contributed by atoms with Crippen LogP contribution in [0.2, 0.25) is 10.0 Å². The number of hydrogen-bond donors (Lipinski definition) is 2. The van der Waals surface area contributed by atoms with E-state index >= 15 is 0 Å². The summed E-state index contributed by atoms with van der Waals surface area (Å²) in [6.45, 7) is -0.500. The molecule has 0 aliphatic carbocycles. The van der Waals surface area contributed by atoms with Crippen LogP contribution in [0.3, 0.4) is 0 Å². The number of aromatic nitrogens is 1. The number of nitrogens with one attached hydrogen (secondary N) is 1. The van der Waals surface area contributed by atoms with E-state index in [1.807, 2.05) is 24.3 Å². The number of carboxylic acids is 1. The van der Waals surface area contributed by atoms with Gasteiger partial charge in [0, 0.05) is 10.8 Å². The summed E-state index contributed by atoms with van der Waals surface area (Å²) in [5.41, 5.74) is 1.39. The molecule has 0 saturated carbocycles. The first-order chi connectivity index (χ1) is 13.4. The van der Waals surface area contributed by atoms with Crippen molar-refractivity contribution in [3.05, 3.63) is 58.5 Å². The molecule has 2 aromatic carbocycles. The van der Waals surface area contributed by atoms with Crippen molar-refractivity contribution < 1.29 is 23.4 Å². The minimum atomic E-state index is -1.16. The maximum atomic E-state index is 14.1. The molecular formula is C19H11Cl2FN2O4. The van der Waals surface area contributed by atoms with Crippen molar-refractivity contribution in [1.82, 2.24) is 4.98 Å². The van der Waals surface area contributed by atoms with E-state index in [9.17, 15) is 9.18 Å². The van der Waals surface area contributed by atoms with Gasteiger partial charge in [0.2, 0.25) is 5.95 Å². The fourth-order valence-corrected chi connectivity index (χ4v) is 3.21. The number of para-hydroxylation sites is 1. The Morgan fingerprint density at radius 1 is 1.14 bits per heavy atom. The van der Waals surface area contributed by atoms with E-state index in [2.05, 4.69) is 10.3 Å². The van der Waals surface area contributed by atoms with Crippen LogP contribution in [0.1, 0.15) is 0 Å². The third kappa shape index (κ3) is 3.30. The molecule has 0 atom stereocenters. The third-order valence-corrected chi connectivity index (χ3v) is 4.65. The van der Waals surface area contributed by atoms with Crippen LogP contribution in [0.5, 0.6) is 11.5 Å². The first-order valence-corrected chi connectivity index (χ1v) is 8.79. The third-order valence-electron chi connectivity index (χ3n) is 3.97. The Bertz CT molecular complexity index is 1230. The topological polar surface area (TPSA) is 84.6 Å². The number of carboxylic acid groups (broad SMARTS) is 1. The fraction of sp³-hybridized carbons (Fsp3) is 0.0526. The van der Waals surface area contributed by atoms with Gasteiger partial charge in [0.15, 0.2) is 11.6 Å². The second-order valence-corrected chi connectivity index (χ2v) is 6.57. The second-order valence-electron chi connectivity index (χ2n) is 5.81. The van der Waals surface area contributed by atoms with E-state index < -0.39 is 23.5 Å². The molecule has 28 heavy (non-hydrogen) atoms. The summed E-state index contributed by atoms with van der Waals surface area (Å²) in [6.07, 6.45) is 0. The maximum absolute atomic E-state index is 14.1. The van der Waals surface area contributed by atoms with Crippen molar-refractivity contribution >= 4 is 56.9 Å². The van der Waals surface area contributed by atoms with Gasteiger partial charge in [-0.3, -0.25) is 4.79 Å². The molecule has 0 saturated heterocycles. The van der Waals surface area contributed by atoms with Gasteiger partial charge in [0.1, 0.15) is 33.5 Å². The van der Waals surface area contributed by atoms with E-state index in [0.717, 1.165) is 16.4 Å². The molecule has 0 fully saturated rings. The quantitative estimate of drug-likeness (QED) is 0.401. The van der Waals surface area contributed by atoms with Crippen LogP contribution in [-0.4, -0.2) is 22.6 Å². The Labute approximate surface area is 167 Å². The number of halogens is 3. The predicted molar refractivity (Wildman–Crippen MR) is 104 cm³/mol. The zero-order valence-electron chi connectivity index (χ0n) is 14.0. The van der Waals surface area contributed by atoms with Gasteiger partial charge in [-0.1, -0.05) is 41.4 Å². The molecule has 4 aromatic rings. The van der Waals surface area contributed by atoms with Crippen LogP contribution < -0.4 is 10.1 Å². The van der Waals surface area contributed by atoms with Gasteiger partial charge in [-0.2, -0.15) is 9.37 Å². The van der Waals surface area contributed by atoms with Crippen LogP contribution in [0.15, 0.2) is 46.9 Å². The molecule has 2 heterocycles. The summed E-state index contributed by atoms with van der Waals surface area (Å²) in [7, 11) is 0. The van der Waals surface area contributed by atoms with Crippen LogP contribution in [-0.2, 0) is 4.79 Å². The molecule has 6 nitrogen and oxygen atoms in total. The zero-order valence-corrected chi connectivity index (χ0v) is 15.5. The standard InChI is InChI=1S/C19H11Cl2FN2O4/c20-15-17(16(21)19(24-18(15)22)23-8-14(25)26)27-9-5-6-13-11(7-9)10-3-1-2-4-12(10)28-13/h1-7H,8H2,(H,23,24)(H,25,26). The molecule has 4 rings (SSSR count). The molecule has 0 amide bonds. The number of fused-ring (bicyclic) bond motifs is 3. The number of benzene rings is 2. The maximum Gasteiger partial charge on any atom is 0.322 e. The summed E-state index contributed by atoms with van der Waals surface area (Å²) in [5, 5.41) is 12.3. The number of nitrogens with zero attached hydrogens (tertiary/aromatic N) is 1. The molecule has 0 aliphatic rings. The lowest BCUT2D eigenvalue weighted by molar-refractivity contribution is -0.134. The van der Waals surface area contributed by atoms with Gasteiger partial charge in [0.05, 0.1) is 0 Å². The van der Waals surface area contributed by atoms with Crippen molar-refractivity contribution in [2.24, 2.45) is 0 Å². The lowest BCUT2D eigenvalue weighted by Crippen LogP contribution is -2.14. The molecule has 2 aromatic heterocycles. The molecule has 9 heteroatoms. The largest absolute Gasteiger partial charge is 0.480 e. The lowest BCUT2D eigenvalue weighted by atomic mass is 10.1. The number of rotatable bonds is 5. The predicted octanol–water partition coefficient (Wildman–Crippen LogP) is 5.72. The molecule has 0 aliphatic heterocycles. The van der Waals surface area contributed by atoms with Crippen molar-refractivity contribution in [3.63, 3.8) is 0 Å². The SMILES string of the molecule is O=C(O)CNc1nc(F)c(Cl)c(Oc2ccc3oc4ccccc4c3c2)c1Cl. The van der Waals surface area contributed by atoms with Gasteiger partial charge in [-0.15, -0.1) is 0 Å². The van der Waals surface area contributed by atoms with Gasteiger partial charge in [-0.05, 0) is 24.3 Å². The Morgan fingerprint density at radius 3 is 2.68 bits per heavy atom. The zero-order chi connectivity index (χ0) is 19.8. The number of carbonyl (C=O) groups is 1. The van der Waals surface area contributed by atoms with Gasteiger partial charge >= 0.3 is 5.97 Å². The highest BCUT2D eigenvalue weighted by molar-refractivity contribution is 6.38. The van der Waals surface area contributed by atoms with Gasteiger partial charge in [-0.25, -0.2) is 0 Å². The minimum absolute atomic E-state index is 0.134. The Balaban J connectivity index is 1.75. The van der Waals surface area contributed by atoms with E-state index in [1.165, 1.54) is 0 Å². The minimum Gasteiger partial charge on any atom is -0.480 e. The van der Waals surface area contributed by atoms with E-state index in [4.69, 9.17) is 37.5 Å². The van der Waals surface area contributed by atoms with Crippen LogP contribution >= 0.6 is 23.2 Å². The monoisotopic (exact) mass is 420 g/mol. The number of anilines is 1. The summed E-state index contributed by atoms with van der Waals surface area (Å²) in [6, 6.07) is 12.6. The first-order valence-electron chi connectivity index (χ1n) is 8.03. The van der Waals surface area contributed by atoms with Crippen LogP contribution in [0, 0.1) is 5.95 Å². The Morgan fingerprint density at radius 2 is 1.89 bits per heavy atom. The highest BCUT2D eigenvalue weighted by Gasteiger charge is 2.20. The number of hydrogen-bond acceptors (Lipinski definition) is 5. The normalized spacial score (nSPS) is 11.1.